The summed E-state index contributed by atoms with van der Waals surface area (Å²) in [5.74, 6) is 0.329. The van der Waals surface area contributed by atoms with Gasteiger partial charge in [0.25, 0.3) is 0 Å². The van der Waals surface area contributed by atoms with Crippen LogP contribution in [0.2, 0.25) is 5.15 Å². The van der Waals surface area contributed by atoms with E-state index in [4.69, 9.17) is 11.6 Å². The molecule has 92 valence electrons. The molecule has 2 N–H and O–H groups in total. The van der Waals surface area contributed by atoms with Crippen LogP contribution in [0.3, 0.4) is 0 Å². The van der Waals surface area contributed by atoms with Crippen LogP contribution in [-0.2, 0) is 4.79 Å². The molecule has 1 amide bonds. The van der Waals surface area contributed by atoms with Crippen LogP contribution >= 0.6 is 11.6 Å². The number of nitrogens with zero attached hydrogens (tertiary/aromatic N) is 2. The molecule has 1 aromatic heterocycles. The third-order valence-electron chi connectivity index (χ3n) is 2.81. The molecule has 0 bridgehead atoms. The second-order valence-corrected chi connectivity index (χ2v) is 4.52. The second kappa shape index (κ2) is 5.93. The number of rotatable bonds is 4. The van der Waals surface area contributed by atoms with E-state index in [-0.39, 0.29) is 5.91 Å². The SMILES string of the molecule is O=C(CNC1CCCC1)Nc1cc(Cl)ncn1. The number of halogens is 1. The van der Waals surface area contributed by atoms with Crippen LogP contribution in [0.25, 0.3) is 0 Å². The molecule has 1 fully saturated rings. The summed E-state index contributed by atoms with van der Waals surface area (Å²) in [4.78, 5) is 19.3. The van der Waals surface area contributed by atoms with Crippen molar-refractivity contribution in [1.82, 2.24) is 15.3 Å². The lowest BCUT2D eigenvalue weighted by atomic mass is 10.2. The molecule has 1 aliphatic carbocycles. The maximum Gasteiger partial charge on any atom is 0.239 e. The van der Waals surface area contributed by atoms with Crippen LogP contribution in [0, 0.1) is 0 Å². The van der Waals surface area contributed by atoms with Gasteiger partial charge in [-0.3, -0.25) is 4.79 Å². The van der Waals surface area contributed by atoms with Gasteiger partial charge in [0.05, 0.1) is 6.54 Å². The molecule has 0 unspecified atom stereocenters. The highest BCUT2D eigenvalue weighted by Crippen LogP contribution is 2.17. The van der Waals surface area contributed by atoms with Crippen LogP contribution in [-0.4, -0.2) is 28.5 Å². The summed E-state index contributed by atoms with van der Waals surface area (Å²) >= 11 is 5.69. The Hall–Kier alpha value is -1.20. The van der Waals surface area contributed by atoms with Gasteiger partial charge < -0.3 is 10.6 Å². The van der Waals surface area contributed by atoms with E-state index >= 15 is 0 Å². The van der Waals surface area contributed by atoms with E-state index in [0.29, 0.717) is 23.6 Å². The summed E-state index contributed by atoms with van der Waals surface area (Å²) in [6.45, 7) is 0.312. The van der Waals surface area contributed by atoms with Gasteiger partial charge in [-0.15, -0.1) is 0 Å². The van der Waals surface area contributed by atoms with Crippen LogP contribution in [0.1, 0.15) is 25.7 Å². The minimum atomic E-state index is -0.105. The van der Waals surface area contributed by atoms with Gasteiger partial charge in [-0.05, 0) is 12.8 Å². The van der Waals surface area contributed by atoms with Gasteiger partial charge in [-0.25, -0.2) is 9.97 Å². The average molecular weight is 255 g/mol. The predicted octanol–water partition coefficient (Wildman–Crippen LogP) is 1.60. The van der Waals surface area contributed by atoms with Crippen molar-refractivity contribution >= 4 is 23.3 Å². The van der Waals surface area contributed by atoms with E-state index in [1.54, 1.807) is 0 Å². The van der Waals surface area contributed by atoms with Gasteiger partial charge in [0.15, 0.2) is 0 Å². The number of nitrogens with one attached hydrogen (secondary N) is 2. The van der Waals surface area contributed by atoms with E-state index in [0.717, 1.165) is 12.8 Å². The van der Waals surface area contributed by atoms with Gasteiger partial charge in [-0.1, -0.05) is 24.4 Å². The van der Waals surface area contributed by atoms with Gasteiger partial charge >= 0.3 is 0 Å². The Morgan fingerprint density at radius 1 is 1.41 bits per heavy atom. The molecule has 17 heavy (non-hydrogen) atoms. The van der Waals surface area contributed by atoms with Crippen molar-refractivity contribution in [3.8, 4) is 0 Å². The van der Waals surface area contributed by atoms with Crippen LogP contribution in [0.5, 0.6) is 0 Å². The quantitative estimate of drug-likeness (QED) is 0.801. The van der Waals surface area contributed by atoms with Crippen molar-refractivity contribution < 1.29 is 4.79 Å². The van der Waals surface area contributed by atoms with Crippen molar-refractivity contribution in [2.24, 2.45) is 0 Å². The van der Waals surface area contributed by atoms with E-state index < -0.39 is 0 Å². The van der Waals surface area contributed by atoms with Crippen molar-refractivity contribution in [2.75, 3.05) is 11.9 Å². The lowest BCUT2D eigenvalue weighted by Gasteiger charge is -2.11. The normalized spacial score (nSPS) is 16.1. The Labute approximate surface area is 105 Å². The Bertz CT molecular complexity index is 393. The van der Waals surface area contributed by atoms with E-state index in [9.17, 15) is 4.79 Å². The number of carbonyl (C=O) groups is 1. The van der Waals surface area contributed by atoms with Crippen molar-refractivity contribution in [2.45, 2.75) is 31.7 Å². The Balaban J connectivity index is 1.76. The molecule has 1 saturated carbocycles. The van der Waals surface area contributed by atoms with Crippen LogP contribution < -0.4 is 10.6 Å². The Kier molecular flexibility index (Phi) is 4.28. The topological polar surface area (TPSA) is 66.9 Å². The van der Waals surface area contributed by atoms with Gasteiger partial charge in [-0.2, -0.15) is 0 Å². The number of hydrogen-bond acceptors (Lipinski definition) is 4. The first-order valence-corrected chi connectivity index (χ1v) is 6.12. The Morgan fingerprint density at radius 2 is 2.18 bits per heavy atom. The second-order valence-electron chi connectivity index (χ2n) is 4.14. The molecule has 1 heterocycles. The third kappa shape index (κ3) is 3.94. The van der Waals surface area contributed by atoms with Crippen LogP contribution in [0.4, 0.5) is 5.82 Å². The molecular formula is C11H15ClN4O. The molecule has 0 aliphatic heterocycles. The van der Waals surface area contributed by atoms with Gasteiger partial charge in [0.1, 0.15) is 17.3 Å². The molecule has 1 aromatic rings. The lowest BCUT2D eigenvalue weighted by Crippen LogP contribution is -2.34. The highest BCUT2D eigenvalue weighted by molar-refractivity contribution is 6.29. The van der Waals surface area contributed by atoms with Gasteiger partial charge in [0, 0.05) is 12.1 Å². The minimum Gasteiger partial charge on any atom is -0.309 e. The fraction of sp³-hybridized carbons (Fsp3) is 0.545. The van der Waals surface area contributed by atoms with Crippen molar-refractivity contribution in [3.05, 3.63) is 17.5 Å². The minimum absolute atomic E-state index is 0.105. The summed E-state index contributed by atoms with van der Waals surface area (Å²) in [7, 11) is 0. The molecule has 0 radical (unpaired) electrons. The zero-order chi connectivity index (χ0) is 12.1. The zero-order valence-corrected chi connectivity index (χ0v) is 10.2. The summed E-state index contributed by atoms with van der Waals surface area (Å²) in [6, 6.07) is 2.00. The Morgan fingerprint density at radius 3 is 2.88 bits per heavy atom. The molecule has 0 aromatic carbocycles. The van der Waals surface area contributed by atoms with E-state index in [2.05, 4.69) is 20.6 Å². The first-order valence-electron chi connectivity index (χ1n) is 5.75. The fourth-order valence-corrected chi connectivity index (χ4v) is 2.10. The predicted molar refractivity (Wildman–Crippen MR) is 65.9 cm³/mol. The smallest absolute Gasteiger partial charge is 0.239 e. The number of carbonyl (C=O) groups excluding carboxylic acids is 1. The monoisotopic (exact) mass is 254 g/mol. The summed E-state index contributed by atoms with van der Waals surface area (Å²) in [6.07, 6.45) is 6.14. The number of amides is 1. The highest BCUT2D eigenvalue weighted by Gasteiger charge is 2.15. The molecular weight excluding hydrogens is 240 g/mol. The fourth-order valence-electron chi connectivity index (χ4n) is 1.96. The average Bonchev–Trinajstić information content (AvgIpc) is 2.79. The molecule has 0 spiro atoms. The lowest BCUT2D eigenvalue weighted by molar-refractivity contribution is -0.115. The first kappa shape index (κ1) is 12.3. The van der Waals surface area contributed by atoms with Crippen molar-refractivity contribution in [1.29, 1.82) is 0 Å². The van der Waals surface area contributed by atoms with Crippen molar-refractivity contribution in [3.63, 3.8) is 0 Å². The van der Waals surface area contributed by atoms with E-state index in [1.165, 1.54) is 25.2 Å². The third-order valence-corrected chi connectivity index (χ3v) is 3.01. The molecule has 1 aliphatic rings. The maximum absolute atomic E-state index is 11.6. The van der Waals surface area contributed by atoms with Gasteiger partial charge in [0.2, 0.25) is 5.91 Å². The zero-order valence-electron chi connectivity index (χ0n) is 9.45. The summed E-state index contributed by atoms with van der Waals surface area (Å²) in [5.41, 5.74) is 0. The largest absolute Gasteiger partial charge is 0.309 e. The molecule has 0 saturated heterocycles. The summed E-state index contributed by atoms with van der Waals surface area (Å²) < 4.78 is 0. The summed E-state index contributed by atoms with van der Waals surface area (Å²) in [5, 5.41) is 6.22. The first-order chi connectivity index (χ1) is 8.24. The highest BCUT2D eigenvalue weighted by atomic mass is 35.5. The maximum atomic E-state index is 11.6. The molecule has 0 atom stereocenters. The molecule has 5 nitrogen and oxygen atoms in total. The standard InChI is InChI=1S/C11H15ClN4O/c12-9-5-10(15-7-14-9)16-11(17)6-13-8-3-1-2-4-8/h5,7-8,13H,1-4,6H2,(H,14,15,16,17). The number of hydrogen-bond donors (Lipinski definition) is 2. The molecule has 2 rings (SSSR count). The number of aromatic nitrogens is 2. The molecule has 6 heteroatoms. The van der Waals surface area contributed by atoms with Crippen LogP contribution in [0.15, 0.2) is 12.4 Å². The van der Waals surface area contributed by atoms with E-state index in [1.807, 2.05) is 0 Å². The number of anilines is 1.